The topological polar surface area (TPSA) is 29.5 Å². The van der Waals surface area contributed by atoms with Crippen LogP contribution in [-0.2, 0) is 4.74 Å². The monoisotopic (exact) mass is 403 g/mol. The lowest BCUT2D eigenvalue weighted by molar-refractivity contribution is 0.0497. The molecule has 0 amide bonds. The van der Waals surface area contributed by atoms with Gasteiger partial charge in [0.05, 0.1) is 17.2 Å². The van der Waals surface area contributed by atoms with Crippen LogP contribution in [0.3, 0.4) is 0 Å². The number of unbranched alkanes of at least 4 members (excludes halogenated alkanes) is 9. The van der Waals surface area contributed by atoms with Crippen molar-refractivity contribution in [1.29, 1.82) is 0 Å². The van der Waals surface area contributed by atoms with E-state index in [1.54, 1.807) is 0 Å². The molecule has 3 nitrogen and oxygen atoms in total. The van der Waals surface area contributed by atoms with Gasteiger partial charge in [0.1, 0.15) is 0 Å². The summed E-state index contributed by atoms with van der Waals surface area (Å²) in [6.07, 6.45) is 15.0. The second kappa shape index (κ2) is 13.7. The number of nitrogens with zero attached hydrogens (tertiary/aromatic N) is 1. The third-order valence-corrected chi connectivity index (χ3v) is 6.31. The van der Waals surface area contributed by atoms with Gasteiger partial charge in [0.2, 0.25) is 0 Å². The molecule has 1 heterocycles. The lowest BCUT2D eigenvalue weighted by Crippen LogP contribution is -2.10. The molecule has 0 N–H and O–H groups in total. The van der Waals surface area contributed by atoms with Crippen molar-refractivity contribution in [2.75, 3.05) is 26.0 Å². The average molecular weight is 404 g/mol. The van der Waals surface area contributed by atoms with Crippen molar-refractivity contribution < 1.29 is 9.53 Å². The number of hydrogen-bond acceptors (Lipinski definition) is 4. The van der Waals surface area contributed by atoms with Gasteiger partial charge >= 0.3 is 5.97 Å². The molecule has 1 saturated heterocycles. The molecule has 0 unspecified atom stereocenters. The molecule has 2 rings (SSSR count). The normalized spacial score (nSPS) is 15.4. The van der Waals surface area contributed by atoms with Crippen LogP contribution in [0.2, 0.25) is 0 Å². The van der Waals surface area contributed by atoms with Crippen LogP contribution in [0.4, 0.5) is 0 Å². The van der Waals surface area contributed by atoms with Crippen LogP contribution >= 0.6 is 11.8 Å². The van der Waals surface area contributed by atoms with Gasteiger partial charge in [-0.1, -0.05) is 76.8 Å². The number of thioether (sulfide) groups is 1. The SMILES string of the molecule is CCCCCCCCCCCCOC(=O)c1cccc(/C=C2/SCCN2C)c1. The Morgan fingerprint density at radius 1 is 1.07 bits per heavy atom. The fraction of sp³-hybridized carbons (Fsp3) is 0.625. The Morgan fingerprint density at radius 2 is 1.75 bits per heavy atom. The lowest BCUT2D eigenvalue weighted by Gasteiger charge is -2.11. The molecular formula is C24H37NO2S. The summed E-state index contributed by atoms with van der Waals surface area (Å²) in [5.74, 6) is 0.923. The molecule has 0 bridgehead atoms. The minimum Gasteiger partial charge on any atom is -0.462 e. The molecule has 0 atom stereocenters. The van der Waals surface area contributed by atoms with Gasteiger partial charge in [-0.25, -0.2) is 4.79 Å². The Labute approximate surface area is 175 Å². The van der Waals surface area contributed by atoms with Crippen molar-refractivity contribution in [1.82, 2.24) is 4.90 Å². The van der Waals surface area contributed by atoms with E-state index in [9.17, 15) is 4.79 Å². The number of ether oxygens (including phenoxy) is 1. The van der Waals surface area contributed by atoms with E-state index in [-0.39, 0.29) is 5.97 Å². The van der Waals surface area contributed by atoms with Crippen LogP contribution in [0.5, 0.6) is 0 Å². The number of carbonyl (C=O) groups excluding carboxylic acids is 1. The largest absolute Gasteiger partial charge is 0.462 e. The van der Waals surface area contributed by atoms with Crippen molar-refractivity contribution in [2.24, 2.45) is 0 Å². The van der Waals surface area contributed by atoms with Crippen LogP contribution in [0.15, 0.2) is 29.3 Å². The first-order valence-corrected chi connectivity index (χ1v) is 12.0. The highest BCUT2D eigenvalue weighted by molar-refractivity contribution is 8.03. The number of hydrogen-bond donors (Lipinski definition) is 0. The van der Waals surface area contributed by atoms with Gasteiger partial charge in [-0.15, -0.1) is 11.8 Å². The molecule has 28 heavy (non-hydrogen) atoms. The molecule has 1 aliphatic rings. The van der Waals surface area contributed by atoms with E-state index < -0.39 is 0 Å². The maximum absolute atomic E-state index is 12.3. The highest BCUT2D eigenvalue weighted by Gasteiger charge is 2.13. The molecule has 1 fully saturated rings. The Bertz CT molecular complexity index is 614. The summed E-state index contributed by atoms with van der Waals surface area (Å²) in [5.41, 5.74) is 1.71. The molecule has 1 aliphatic heterocycles. The molecule has 156 valence electrons. The lowest BCUT2D eigenvalue weighted by atomic mass is 10.1. The molecule has 1 aromatic rings. The van der Waals surface area contributed by atoms with E-state index in [4.69, 9.17) is 4.74 Å². The second-order valence-corrected chi connectivity index (χ2v) is 8.81. The highest BCUT2D eigenvalue weighted by atomic mass is 32.2. The average Bonchev–Trinajstić information content (AvgIpc) is 3.10. The minimum atomic E-state index is -0.205. The quantitative estimate of drug-likeness (QED) is 0.269. The summed E-state index contributed by atoms with van der Waals surface area (Å²) in [7, 11) is 2.11. The molecule has 1 aromatic carbocycles. The number of carbonyl (C=O) groups is 1. The van der Waals surface area contributed by atoms with Gasteiger partial charge in [-0.2, -0.15) is 0 Å². The van der Waals surface area contributed by atoms with E-state index in [1.807, 2.05) is 36.0 Å². The molecule has 0 aliphatic carbocycles. The van der Waals surface area contributed by atoms with Gasteiger partial charge in [0, 0.05) is 19.3 Å². The smallest absolute Gasteiger partial charge is 0.338 e. The van der Waals surface area contributed by atoms with Crippen molar-refractivity contribution in [3.63, 3.8) is 0 Å². The highest BCUT2D eigenvalue weighted by Crippen LogP contribution is 2.28. The van der Waals surface area contributed by atoms with E-state index in [1.165, 1.54) is 56.4 Å². The minimum absolute atomic E-state index is 0.205. The molecule has 0 radical (unpaired) electrons. The van der Waals surface area contributed by atoms with Gasteiger partial charge < -0.3 is 9.64 Å². The molecule has 4 heteroatoms. The Hall–Kier alpha value is -1.42. The van der Waals surface area contributed by atoms with Crippen LogP contribution in [0, 0.1) is 0 Å². The van der Waals surface area contributed by atoms with Crippen LogP contribution in [0.1, 0.15) is 87.1 Å². The summed E-state index contributed by atoms with van der Waals surface area (Å²) < 4.78 is 5.47. The van der Waals surface area contributed by atoms with E-state index >= 15 is 0 Å². The molecular weight excluding hydrogens is 366 g/mol. The predicted molar refractivity (Wildman–Crippen MR) is 122 cm³/mol. The predicted octanol–water partition coefficient (Wildman–Crippen LogP) is 6.74. The zero-order chi connectivity index (χ0) is 20.0. The van der Waals surface area contributed by atoms with Gasteiger partial charge in [0.15, 0.2) is 0 Å². The van der Waals surface area contributed by atoms with Crippen molar-refractivity contribution >= 4 is 23.8 Å². The Morgan fingerprint density at radius 3 is 2.39 bits per heavy atom. The van der Waals surface area contributed by atoms with Crippen molar-refractivity contribution in [3.05, 3.63) is 40.4 Å². The van der Waals surface area contributed by atoms with E-state index in [0.29, 0.717) is 12.2 Å². The first-order chi connectivity index (χ1) is 13.7. The van der Waals surface area contributed by atoms with Gasteiger partial charge in [-0.05, 0) is 30.2 Å². The number of benzene rings is 1. The summed E-state index contributed by atoms with van der Waals surface area (Å²) in [6.45, 7) is 3.87. The summed E-state index contributed by atoms with van der Waals surface area (Å²) in [5, 5.41) is 1.26. The number of rotatable bonds is 13. The maximum Gasteiger partial charge on any atom is 0.338 e. The summed E-state index contributed by atoms with van der Waals surface area (Å²) >= 11 is 1.86. The number of esters is 1. The second-order valence-electron chi connectivity index (χ2n) is 7.70. The molecule has 0 saturated carbocycles. The van der Waals surface area contributed by atoms with Crippen LogP contribution in [0.25, 0.3) is 6.08 Å². The molecule has 0 spiro atoms. The third kappa shape index (κ3) is 8.72. The Balaban J connectivity index is 1.60. The molecule has 0 aromatic heterocycles. The van der Waals surface area contributed by atoms with Gasteiger partial charge in [0.25, 0.3) is 0 Å². The standard InChI is InChI=1S/C24H37NO2S/c1-3-4-5-6-7-8-9-10-11-12-17-27-24(26)22-15-13-14-21(19-22)20-23-25(2)16-18-28-23/h13-15,19-20H,3-12,16-18H2,1-2H3/b23-20+. The van der Waals surface area contributed by atoms with E-state index in [2.05, 4.69) is 24.9 Å². The van der Waals surface area contributed by atoms with E-state index in [0.717, 1.165) is 30.7 Å². The third-order valence-electron chi connectivity index (χ3n) is 5.20. The van der Waals surface area contributed by atoms with Crippen LogP contribution in [-0.4, -0.2) is 36.8 Å². The first-order valence-electron chi connectivity index (χ1n) is 11.0. The first kappa shape index (κ1) is 22.9. The zero-order valence-corrected chi connectivity index (χ0v) is 18.6. The zero-order valence-electron chi connectivity index (χ0n) is 17.8. The summed E-state index contributed by atoms with van der Waals surface area (Å²) in [6, 6.07) is 7.75. The van der Waals surface area contributed by atoms with Crippen molar-refractivity contribution in [2.45, 2.75) is 71.1 Å². The van der Waals surface area contributed by atoms with Crippen molar-refractivity contribution in [3.8, 4) is 0 Å². The fourth-order valence-corrected chi connectivity index (χ4v) is 4.50. The van der Waals surface area contributed by atoms with Crippen LogP contribution < -0.4 is 0 Å². The summed E-state index contributed by atoms with van der Waals surface area (Å²) in [4.78, 5) is 14.6. The Kier molecular flexibility index (Phi) is 11.2. The fourth-order valence-electron chi connectivity index (χ4n) is 3.40. The van der Waals surface area contributed by atoms with Gasteiger partial charge in [-0.3, -0.25) is 0 Å². The maximum atomic E-state index is 12.3.